The van der Waals surface area contributed by atoms with Crippen LogP contribution in [-0.2, 0) is 9.59 Å². The average molecular weight is 364 g/mol. The minimum absolute atomic E-state index is 0.0599. The summed E-state index contributed by atoms with van der Waals surface area (Å²) in [6.45, 7) is 0. The molecule has 1 N–H and O–H groups in total. The van der Waals surface area contributed by atoms with Crippen molar-refractivity contribution < 1.29 is 19.4 Å². The molecule has 2 aromatic rings. The second kappa shape index (κ2) is 6.19. The molecule has 122 valence electrons. The van der Waals surface area contributed by atoms with Crippen LogP contribution in [0.5, 0.6) is 5.75 Å². The molecule has 0 aliphatic carbocycles. The number of aliphatic hydroxyl groups is 1. The molecule has 24 heavy (non-hydrogen) atoms. The van der Waals surface area contributed by atoms with Gasteiger partial charge >= 0.3 is 5.91 Å². The third kappa shape index (κ3) is 2.52. The number of halogens is 2. The number of hydrogen-bond acceptors (Lipinski definition) is 4. The van der Waals surface area contributed by atoms with E-state index in [-0.39, 0.29) is 21.3 Å². The molecule has 0 spiro atoms. The van der Waals surface area contributed by atoms with E-state index in [1.165, 1.54) is 19.2 Å². The number of ether oxygens (including phenoxy) is 1. The van der Waals surface area contributed by atoms with Crippen LogP contribution >= 0.6 is 23.2 Å². The van der Waals surface area contributed by atoms with Crippen LogP contribution in [0.3, 0.4) is 0 Å². The van der Waals surface area contributed by atoms with Crippen molar-refractivity contribution in [2.45, 2.75) is 0 Å². The van der Waals surface area contributed by atoms with Gasteiger partial charge < -0.3 is 9.84 Å². The van der Waals surface area contributed by atoms with E-state index in [1.54, 1.807) is 30.3 Å². The van der Waals surface area contributed by atoms with Gasteiger partial charge in [-0.2, -0.15) is 0 Å². The molecule has 1 aliphatic rings. The molecule has 3 rings (SSSR count). The Morgan fingerprint density at radius 2 is 1.67 bits per heavy atom. The van der Waals surface area contributed by atoms with Gasteiger partial charge in [0, 0.05) is 0 Å². The van der Waals surface area contributed by atoms with E-state index in [1.807, 2.05) is 0 Å². The van der Waals surface area contributed by atoms with Crippen molar-refractivity contribution in [2.24, 2.45) is 0 Å². The summed E-state index contributed by atoms with van der Waals surface area (Å²) in [5.41, 5.74) is 0.417. The Labute approximate surface area is 147 Å². The van der Waals surface area contributed by atoms with Crippen molar-refractivity contribution in [2.75, 3.05) is 12.0 Å². The summed E-state index contributed by atoms with van der Waals surface area (Å²) in [6.07, 6.45) is 0. The first-order valence-electron chi connectivity index (χ1n) is 6.86. The van der Waals surface area contributed by atoms with Gasteiger partial charge in [0.25, 0.3) is 5.91 Å². The van der Waals surface area contributed by atoms with Gasteiger partial charge in [0.15, 0.2) is 5.76 Å². The lowest BCUT2D eigenvalue weighted by Gasteiger charge is -2.16. The van der Waals surface area contributed by atoms with Gasteiger partial charge in [0.2, 0.25) is 0 Å². The fourth-order valence-electron chi connectivity index (χ4n) is 2.42. The first-order valence-corrected chi connectivity index (χ1v) is 7.61. The number of amides is 2. The lowest BCUT2D eigenvalue weighted by Crippen LogP contribution is -2.31. The molecular weight excluding hydrogens is 353 g/mol. The Kier molecular flexibility index (Phi) is 4.22. The van der Waals surface area contributed by atoms with Crippen molar-refractivity contribution in [3.8, 4) is 5.75 Å². The van der Waals surface area contributed by atoms with Crippen LogP contribution in [-0.4, -0.2) is 24.0 Å². The molecule has 7 heteroatoms. The number of imide groups is 1. The number of anilines is 1. The Morgan fingerprint density at radius 3 is 2.29 bits per heavy atom. The molecule has 2 aromatic carbocycles. The van der Waals surface area contributed by atoms with Gasteiger partial charge in [-0.15, -0.1) is 0 Å². The molecule has 0 radical (unpaired) electrons. The number of hydrogen-bond donors (Lipinski definition) is 1. The van der Waals surface area contributed by atoms with Gasteiger partial charge in [0.05, 0.1) is 28.4 Å². The highest BCUT2D eigenvalue weighted by atomic mass is 35.5. The summed E-state index contributed by atoms with van der Waals surface area (Å²) in [5, 5.41) is 10.4. The number of benzene rings is 2. The number of methoxy groups -OCH3 is 1. The average Bonchev–Trinajstić information content (AvgIpc) is 2.80. The Bertz CT molecular complexity index is 875. The molecule has 0 unspecified atom stereocenters. The molecular formula is C17H11Cl2NO4. The normalized spacial score (nSPS) is 14.5. The van der Waals surface area contributed by atoms with Gasteiger partial charge in [-0.3, -0.25) is 9.59 Å². The summed E-state index contributed by atoms with van der Waals surface area (Å²) in [5.74, 6) is -1.58. The Morgan fingerprint density at radius 1 is 1.00 bits per heavy atom. The smallest absolute Gasteiger partial charge is 0.301 e. The van der Waals surface area contributed by atoms with E-state index in [9.17, 15) is 14.7 Å². The second-order valence-corrected chi connectivity index (χ2v) is 5.76. The van der Waals surface area contributed by atoms with Crippen LogP contribution in [0.25, 0.3) is 5.57 Å². The van der Waals surface area contributed by atoms with Crippen molar-refractivity contribution in [3.05, 3.63) is 63.8 Å². The van der Waals surface area contributed by atoms with E-state index in [0.717, 1.165) is 4.90 Å². The zero-order valence-corrected chi connectivity index (χ0v) is 13.9. The predicted octanol–water partition coefficient (Wildman–Crippen LogP) is 3.84. The first kappa shape index (κ1) is 16.4. The summed E-state index contributed by atoms with van der Waals surface area (Å²) in [6, 6.07) is 11.0. The maximum Gasteiger partial charge on any atom is 0.301 e. The monoisotopic (exact) mass is 363 g/mol. The largest absolute Gasteiger partial charge is 0.502 e. The fraction of sp³-hybridized carbons (Fsp3) is 0.0588. The zero-order chi connectivity index (χ0) is 17.4. The molecule has 0 aromatic heterocycles. The molecule has 0 bridgehead atoms. The van der Waals surface area contributed by atoms with Crippen molar-refractivity contribution in [1.29, 1.82) is 0 Å². The van der Waals surface area contributed by atoms with Crippen molar-refractivity contribution >= 4 is 46.3 Å². The van der Waals surface area contributed by atoms with E-state index in [0.29, 0.717) is 11.3 Å². The zero-order valence-electron chi connectivity index (χ0n) is 12.4. The van der Waals surface area contributed by atoms with Crippen LogP contribution in [0.4, 0.5) is 5.69 Å². The Hall–Kier alpha value is -2.50. The number of nitrogens with zero attached hydrogens (tertiary/aromatic N) is 1. The van der Waals surface area contributed by atoms with Gasteiger partial charge in [-0.1, -0.05) is 41.4 Å². The minimum Gasteiger partial charge on any atom is -0.502 e. The van der Waals surface area contributed by atoms with Crippen LogP contribution in [0.2, 0.25) is 10.0 Å². The topological polar surface area (TPSA) is 66.8 Å². The Balaban J connectivity index is 2.05. The fourth-order valence-corrected chi connectivity index (χ4v) is 2.80. The summed E-state index contributed by atoms with van der Waals surface area (Å²) in [4.78, 5) is 25.9. The van der Waals surface area contributed by atoms with Crippen LogP contribution in [0, 0.1) is 0 Å². The van der Waals surface area contributed by atoms with E-state index in [2.05, 4.69) is 0 Å². The highest BCUT2D eigenvalue weighted by Crippen LogP contribution is 2.38. The van der Waals surface area contributed by atoms with E-state index < -0.39 is 17.6 Å². The number of aliphatic hydroxyl groups excluding tert-OH is 1. The van der Waals surface area contributed by atoms with E-state index >= 15 is 0 Å². The SMILES string of the molecule is COc1ccc(C2=C(O)C(=O)N(c3cccc(Cl)c3Cl)C2=O)cc1. The standard InChI is InChI=1S/C17H11Cl2NO4/c1-24-10-7-5-9(6-8-10)13-15(21)17(23)20(16(13)22)12-4-2-3-11(18)14(12)19/h2-8,21H,1H3. The third-order valence-corrected chi connectivity index (χ3v) is 4.42. The molecule has 1 aliphatic heterocycles. The maximum absolute atomic E-state index is 12.7. The van der Waals surface area contributed by atoms with Crippen molar-refractivity contribution in [3.63, 3.8) is 0 Å². The number of rotatable bonds is 3. The number of carbonyl (C=O) groups is 2. The summed E-state index contributed by atoms with van der Waals surface area (Å²) in [7, 11) is 1.51. The lowest BCUT2D eigenvalue weighted by molar-refractivity contribution is -0.121. The van der Waals surface area contributed by atoms with Gasteiger partial charge in [-0.25, -0.2) is 4.90 Å². The summed E-state index contributed by atoms with van der Waals surface area (Å²) < 4.78 is 5.05. The first-order chi connectivity index (χ1) is 11.5. The maximum atomic E-state index is 12.7. The third-order valence-electron chi connectivity index (χ3n) is 3.61. The predicted molar refractivity (Wildman–Crippen MR) is 91.5 cm³/mol. The van der Waals surface area contributed by atoms with Gasteiger partial charge in [0.1, 0.15) is 5.75 Å². The lowest BCUT2D eigenvalue weighted by atomic mass is 10.1. The highest BCUT2D eigenvalue weighted by molar-refractivity contribution is 6.49. The quantitative estimate of drug-likeness (QED) is 0.841. The molecule has 2 amide bonds. The number of carbonyl (C=O) groups excluding carboxylic acids is 2. The minimum atomic E-state index is -0.852. The molecule has 0 saturated carbocycles. The molecule has 0 fully saturated rings. The summed E-state index contributed by atoms with van der Waals surface area (Å²) >= 11 is 12.0. The van der Waals surface area contributed by atoms with Crippen LogP contribution in [0.1, 0.15) is 5.56 Å². The molecule has 0 atom stereocenters. The second-order valence-electron chi connectivity index (χ2n) is 4.97. The highest BCUT2D eigenvalue weighted by Gasteiger charge is 2.41. The van der Waals surface area contributed by atoms with Crippen LogP contribution < -0.4 is 9.64 Å². The van der Waals surface area contributed by atoms with Crippen LogP contribution in [0.15, 0.2) is 48.2 Å². The molecule has 0 saturated heterocycles. The molecule has 5 nitrogen and oxygen atoms in total. The van der Waals surface area contributed by atoms with Crippen molar-refractivity contribution in [1.82, 2.24) is 0 Å². The van der Waals surface area contributed by atoms with Gasteiger partial charge in [-0.05, 0) is 29.8 Å². The van der Waals surface area contributed by atoms with E-state index in [4.69, 9.17) is 27.9 Å². The molecule has 1 heterocycles.